The molecule has 2 N–H and O–H groups in total. The highest BCUT2D eigenvalue weighted by molar-refractivity contribution is 5.37. The van der Waals surface area contributed by atoms with E-state index in [0.29, 0.717) is 0 Å². The third kappa shape index (κ3) is 1.82. The van der Waals surface area contributed by atoms with Crippen LogP contribution in [0.4, 0.5) is 5.95 Å². The molecule has 2 heterocycles. The molecule has 0 unspecified atom stereocenters. The molecule has 5 heteroatoms. The summed E-state index contributed by atoms with van der Waals surface area (Å²) in [5, 5.41) is 0. The van der Waals surface area contributed by atoms with Crippen molar-refractivity contribution in [2.45, 2.75) is 38.1 Å². The second-order valence-corrected chi connectivity index (χ2v) is 5.40. The number of nitrogens with zero attached hydrogens (tertiary/aromatic N) is 3. The minimum Gasteiger partial charge on any atom is -0.341 e. The van der Waals surface area contributed by atoms with Crippen molar-refractivity contribution in [1.82, 2.24) is 9.55 Å². The fourth-order valence-electron chi connectivity index (χ4n) is 2.98. The molecular weight excluding hydrogens is 228 g/mol. The lowest BCUT2D eigenvalue weighted by molar-refractivity contribution is 0.630. The van der Waals surface area contributed by atoms with Gasteiger partial charge in [-0.1, -0.05) is 0 Å². The normalized spacial score (nSPS) is 23.2. The van der Waals surface area contributed by atoms with Gasteiger partial charge in [0.15, 0.2) is 0 Å². The van der Waals surface area contributed by atoms with E-state index in [-0.39, 0.29) is 11.6 Å². The van der Waals surface area contributed by atoms with E-state index in [1.807, 2.05) is 7.05 Å². The van der Waals surface area contributed by atoms with Crippen molar-refractivity contribution in [3.8, 4) is 0 Å². The third-order valence-corrected chi connectivity index (χ3v) is 4.04. The SMILES string of the molecule is Cn1c(N2CC[C@@H](N)C2)nc2c(c1=O)CCCC2. The monoisotopic (exact) mass is 248 g/mol. The Bertz CT molecular complexity index is 522. The highest BCUT2D eigenvalue weighted by Gasteiger charge is 2.25. The van der Waals surface area contributed by atoms with Crippen LogP contribution in [0.25, 0.3) is 0 Å². The van der Waals surface area contributed by atoms with Crippen LogP contribution in [-0.2, 0) is 19.9 Å². The van der Waals surface area contributed by atoms with Crippen LogP contribution in [0.3, 0.4) is 0 Å². The van der Waals surface area contributed by atoms with Gasteiger partial charge in [0.25, 0.3) is 5.56 Å². The summed E-state index contributed by atoms with van der Waals surface area (Å²) < 4.78 is 1.70. The van der Waals surface area contributed by atoms with Crippen molar-refractivity contribution < 1.29 is 0 Å². The van der Waals surface area contributed by atoms with E-state index in [1.54, 1.807) is 4.57 Å². The van der Waals surface area contributed by atoms with Gasteiger partial charge < -0.3 is 10.6 Å². The predicted molar refractivity (Wildman–Crippen MR) is 70.9 cm³/mol. The zero-order chi connectivity index (χ0) is 12.7. The first-order chi connectivity index (χ1) is 8.66. The van der Waals surface area contributed by atoms with Gasteiger partial charge in [0.05, 0.1) is 5.69 Å². The molecule has 98 valence electrons. The van der Waals surface area contributed by atoms with Crippen LogP contribution in [0.2, 0.25) is 0 Å². The maximum Gasteiger partial charge on any atom is 0.258 e. The molecule has 1 fully saturated rings. The van der Waals surface area contributed by atoms with Crippen molar-refractivity contribution in [2.75, 3.05) is 18.0 Å². The first kappa shape index (κ1) is 11.7. The molecule has 0 saturated carbocycles. The number of anilines is 1. The number of hydrogen-bond acceptors (Lipinski definition) is 4. The summed E-state index contributed by atoms with van der Waals surface area (Å²) in [4.78, 5) is 19.2. The quantitative estimate of drug-likeness (QED) is 0.771. The highest BCUT2D eigenvalue weighted by Crippen LogP contribution is 2.21. The Morgan fingerprint density at radius 1 is 1.33 bits per heavy atom. The fraction of sp³-hybridized carbons (Fsp3) is 0.692. The topological polar surface area (TPSA) is 64.2 Å². The molecule has 0 amide bonds. The highest BCUT2D eigenvalue weighted by atomic mass is 16.1. The molecule has 1 aromatic rings. The van der Waals surface area contributed by atoms with Gasteiger partial charge in [-0.3, -0.25) is 9.36 Å². The minimum absolute atomic E-state index is 0.134. The molecule has 18 heavy (non-hydrogen) atoms. The molecule has 0 spiro atoms. The van der Waals surface area contributed by atoms with Gasteiger partial charge in [-0.2, -0.15) is 0 Å². The van der Waals surface area contributed by atoms with Gasteiger partial charge in [0, 0.05) is 31.7 Å². The molecule has 5 nitrogen and oxygen atoms in total. The van der Waals surface area contributed by atoms with Crippen LogP contribution < -0.4 is 16.2 Å². The average Bonchev–Trinajstić information content (AvgIpc) is 2.80. The molecule has 1 aromatic heterocycles. The molecule has 1 aliphatic carbocycles. The smallest absolute Gasteiger partial charge is 0.258 e. The number of aryl methyl sites for hydroxylation is 1. The summed E-state index contributed by atoms with van der Waals surface area (Å²) in [6.07, 6.45) is 5.06. The molecule has 0 aromatic carbocycles. The molecule has 1 atom stereocenters. The van der Waals surface area contributed by atoms with Crippen LogP contribution in [0, 0.1) is 0 Å². The third-order valence-electron chi connectivity index (χ3n) is 4.04. The zero-order valence-corrected chi connectivity index (χ0v) is 10.9. The second-order valence-electron chi connectivity index (χ2n) is 5.40. The Kier molecular flexibility index (Phi) is 2.86. The summed E-state index contributed by atoms with van der Waals surface area (Å²) in [6, 6.07) is 0.206. The lowest BCUT2D eigenvalue weighted by Gasteiger charge is -2.23. The maximum atomic E-state index is 12.3. The maximum absolute atomic E-state index is 12.3. The van der Waals surface area contributed by atoms with Crippen molar-refractivity contribution in [3.63, 3.8) is 0 Å². The molecule has 2 aliphatic rings. The predicted octanol–water partition coefficient (Wildman–Crippen LogP) is 0.196. The van der Waals surface area contributed by atoms with E-state index in [2.05, 4.69) is 4.90 Å². The first-order valence-corrected chi connectivity index (χ1v) is 6.76. The van der Waals surface area contributed by atoms with E-state index in [4.69, 9.17) is 10.7 Å². The van der Waals surface area contributed by atoms with Crippen molar-refractivity contribution in [1.29, 1.82) is 0 Å². The van der Waals surface area contributed by atoms with Crippen molar-refractivity contribution in [2.24, 2.45) is 12.8 Å². The Morgan fingerprint density at radius 3 is 2.83 bits per heavy atom. The molecule has 0 radical (unpaired) electrons. The number of fused-ring (bicyclic) bond motifs is 1. The Labute approximate surface area is 107 Å². The van der Waals surface area contributed by atoms with Crippen molar-refractivity contribution >= 4 is 5.95 Å². The Hall–Kier alpha value is -1.36. The van der Waals surface area contributed by atoms with Crippen LogP contribution in [0.1, 0.15) is 30.5 Å². The lowest BCUT2D eigenvalue weighted by atomic mass is 9.97. The van der Waals surface area contributed by atoms with Crippen molar-refractivity contribution in [3.05, 3.63) is 21.6 Å². The molecule has 1 aliphatic heterocycles. The Balaban J connectivity index is 2.05. The molecular formula is C13H20N4O. The standard InChI is InChI=1S/C13H20N4O/c1-16-12(18)10-4-2-3-5-11(10)15-13(16)17-7-6-9(14)8-17/h9H,2-8,14H2,1H3/t9-/m1/s1. The van der Waals surface area contributed by atoms with E-state index in [9.17, 15) is 4.79 Å². The van der Waals surface area contributed by atoms with E-state index in [1.165, 1.54) is 0 Å². The van der Waals surface area contributed by atoms with Gasteiger partial charge >= 0.3 is 0 Å². The summed E-state index contributed by atoms with van der Waals surface area (Å²) in [6.45, 7) is 1.71. The number of nitrogens with two attached hydrogens (primary N) is 1. The number of hydrogen-bond donors (Lipinski definition) is 1. The van der Waals surface area contributed by atoms with Gasteiger partial charge in [-0.25, -0.2) is 4.98 Å². The fourth-order valence-corrected chi connectivity index (χ4v) is 2.98. The summed E-state index contributed by atoms with van der Waals surface area (Å²) in [7, 11) is 1.82. The summed E-state index contributed by atoms with van der Waals surface area (Å²) in [5.41, 5.74) is 8.01. The van der Waals surface area contributed by atoms with Crippen LogP contribution in [0.15, 0.2) is 4.79 Å². The van der Waals surface area contributed by atoms with Gasteiger partial charge in [0.1, 0.15) is 0 Å². The van der Waals surface area contributed by atoms with Crippen LogP contribution in [-0.4, -0.2) is 28.7 Å². The number of aromatic nitrogens is 2. The van der Waals surface area contributed by atoms with Crippen LogP contribution in [0.5, 0.6) is 0 Å². The average molecular weight is 248 g/mol. The largest absolute Gasteiger partial charge is 0.341 e. The van der Waals surface area contributed by atoms with E-state index < -0.39 is 0 Å². The Morgan fingerprint density at radius 2 is 2.11 bits per heavy atom. The minimum atomic E-state index is 0.134. The second kappa shape index (κ2) is 4.39. The summed E-state index contributed by atoms with van der Waals surface area (Å²) >= 11 is 0. The first-order valence-electron chi connectivity index (χ1n) is 6.76. The molecule has 3 rings (SSSR count). The molecule has 1 saturated heterocycles. The van der Waals surface area contributed by atoms with Gasteiger partial charge in [-0.15, -0.1) is 0 Å². The molecule has 0 bridgehead atoms. The van der Waals surface area contributed by atoms with Crippen LogP contribution >= 0.6 is 0 Å². The van der Waals surface area contributed by atoms with E-state index in [0.717, 1.165) is 62.4 Å². The lowest BCUT2D eigenvalue weighted by Crippen LogP contribution is -2.35. The van der Waals surface area contributed by atoms with Gasteiger partial charge in [0.2, 0.25) is 5.95 Å². The van der Waals surface area contributed by atoms with E-state index >= 15 is 0 Å². The zero-order valence-electron chi connectivity index (χ0n) is 10.9. The summed E-state index contributed by atoms with van der Waals surface area (Å²) in [5.74, 6) is 0.800. The number of rotatable bonds is 1. The van der Waals surface area contributed by atoms with Gasteiger partial charge in [-0.05, 0) is 32.1 Å².